The van der Waals surface area contributed by atoms with Crippen molar-refractivity contribution in [3.8, 4) is 6.07 Å². The number of aromatic nitrogens is 2. The van der Waals surface area contributed by atoms with E-state index in [0.29, 0.717) is 17.3 Å². The molecule has 1 N–H and O–H groups in total. The first kappa shape index (κ1) is 9.81. The average Bonchev–Trinajstić information content (AvgIpc) is 2.16. The van der Waals surface area contributed by atoms with E-state index in [4.69, 9.17) is 5.26 Å². The van der Waals surface area contributed by atoms with E-state index in [1.165, 1.54) is 11.8 Å². The Bertz CT molecular complexity index is 405. The summed E-state index contributed by atoms with van der Waals surface area (Å²) in [5.41, 5.74) is -0.341. The fraction of sp³-hybridized carbons (Fsp3) is 0.375. The van der Waals surface area contributed by atoms with Crippen molar-refractivity contribution in [1.82, 2.24) is 9.97 Å². The molecule has 0 aliphatic rings. The second-order valence-corrected chi connectivity index (χ2v) is 3.18. The normalized spacial score (nSPS) is 9.62. The maximum absolute atomic E-state index is 11.2. The Morgan fingerprint density at radius 1 is 1.69 bits per heavy atom. The van der Waals surface area contributed by atoms with Crippen LogP contribution in [-0.4, -0.2) is 16.2 Å². The van der Waals surface area contributed by atoms with Crippen molar-refractivity contribution in [3.05, 3.63) is 21.7 Å². The zero-order valence-electron chi connectivity index (χ0n) is 7.42. The minimum absolute atomic E-state index is 0.102. The van der Waals surface area contributed by atoms with Crippen molar-refractivity contribution in [2.24, 2.45) is 0 Å². The lowest BCUT2D eigenvalue weighted by molar-refractivity contribution is 0.862. The molecular formula is C8H9N3OS. The van der Waals surface area contributed by atoms with Crippen molar-refractivity contribution in [3.63, 3.8) is 0 Å². The van der Waals surface area contributed by atoms with E-state index in [0.717, 1.165) is 0 Å². The number of aromatic amines is 1. The van der Waals surface area contributed by atoms with Crippen LogP contribution in [0.5, 0.6) is 0 Å². The Hall–Kier alpha value is -1.28. The quantitative estimate of drug-likeness (QED) is 0.563. The van der Waals surface area contributed by atoms with Crippen molar-refractivity contribution >= 4 is 11.8 Å². The Kier molecular flexibility index (Phi) is 3.09. The van der Waals surface area contributed by atoms with Gasteiger partial charge in [-0.15, -0.1) is 11.8 Å². The summed E-state index contributed by atoms with van der Waals surface area (Å²) >= 11 is 1.35. The van der Waals surface area contributed by atoms with Crippen LogP contribution in [0.1, 0.15) is 18.3 Å². The molecule has 4 nitrogen and oxygen atoms in total. The van der Waals surface area contributed by atoms with Gasteiger partial charge in [-0.2, -0.15) is 10.2 Å². The molecule has 0 aliphatic heterocycles. The van der Waals surface area contributed by atoms with E-state index >= 15 is 0 Å². The molecule has 0 amide bonds. The minimum Gasteiger partial charge on any atom is -0.337 e. The van der Waals surface area contributed by atoms with Gasteiger partial charge >= 0.3 is 0 Å². The largest absolute Gasteiger partial charge is 0.337 e. The van der Waals surface area contributed by atoms with Crippen LogP contribution in [0, 0.1) is 11.3 Å². The van der Waals surface area contributed by atoms with Gasteiger partial charge in [-0.3, -0.25) is 4.79 Å². The molecule has 0 radical (unpaired) electrons. The predicted molar refractivity (Wildman–Crippen MR) is 50.7 cm³/mol. The summed E-state index contributed by atoms with van der Waals surface area (Å²) in [6.07, 6.45) is 2.47. The third kappa shape index (κ3) is 1.90. The highest BCUT2D eigenvalue weighted by molar-refractivity contribution is 7.98. The van der Waals surface area contributed by atoms with Crippen molar-refractivity contribution in [2.45, 2.75) is 18.4 Å². The van der Waals surface area contributed by atoms with Gasteiger partial charge < -0.3 is 4.98 Å². The molecule has 0 bridgehead atoms. The average molecular weight is 195 g/mol. The van der Waals surface area contributed by atoms with Gasteiger partial charge in [-0.25, -0.2) is 0 Å². The molecule has 1 aromatic rings. The second-order valence-electron chi connectivity index (χ2n) is 2.36. The van der Waals surface area contributed by atoms with Crippen LogP contribution >= 0.6 is 11.8 Å². The highest BCUT2D eigenvalue weighted by Gasteiger charge is 2.08. The Morgan fingerprint density at radius 3 is 2.85 bits per heavy atom. The predicted octanol–water partition coefficient (Wildman–Crippen LogP) is 0.926. The first-order valence-electron chi connectivity index (χ1n) is 3.80. The number of hydrogen-bond donors (Lipinski definition) is 1. The summed E-state index contributed by atoms with van der Waals surface area (Å²) < 4.78 is 0. The summed E-state index contributed by atoms with van der Waals surface area (Å²) in [6.45, 7) is 1.90. The monoisotopic (exact) mass is 195 g/mol. The van der Waals surface area contributed by atoms with Gasteiger partial charge in [-0.05, 0) is 6.26 Å². The third-order valence-electron chi connectivity index (χ3n) is 1.59. The van der Waals surface area contributed by atoms with Crippen molar-refractivity contribution in [1.29, 1.82) is 5.26 Å². The molecule has 1 rings (SSSR count). The molecule has 0 saturated heterocycles. The summed E-state index contributed by atoms with van der Waals surface area (Å²) in [7, 11) is 0. The molecule has 13 heavy (non-hydrogen) atoms. The molecule has 0 aromatic carbocycles. The van der Waals surface area contributed by atoms with Crippen LogP contribution in [0.2, 0.25) is 0 Å². The Labute approximate surface area is 80.0 Å². The van der Waals surface area contributed by atoms with Crippen LogP contribution in [0.15, 0.2) is 9.82 Å². The number of rotatable bonds is 2. The summed E-state index contributed by atoms with van der Waals surface area (Å²) in [6, 6.07) is 1.84. The molecular weight excluding hydrogens is 186 g/mol. The Morgan fingerprint density at radius 2 is 2.38 bits per heavy atom. The summed E-state index contributed by atoms with van der Waals surface area (Å²) in [5.74, 6) is 0.619. The van der Waals surface area contributed by atoms with E-state index < -0.39 is 5.56 Å². The molecule has 0 spiro atoms. The number of hydrogen-bond acceptors (Lipinski definition) is 4. The molecule has 1 heterocycles. The number of aryl methyl sites for hydroxylation is 1. The van der Waals surface area contributed by atoms with Crippen LogP contribution in [0.4, 0.5) is 0 Å². The van der Waals surface area contributed by atoms with E-state index in [9.17, 15) is 4.79 Å². The fourth-order valence-corrected chi connectivity index (χ4v) is 1.47. The fourth-order valence-electron chi connectivity index (χ4n) is 0.916. The molecule has 1 aromatic heterocycles. The highest BCUT2D eigenvalue weighted by atomic mass is 32.2. The van der Waals surface area contributed by atoms with Crippen LogP contribution in [0.3, 0.4) is 0 Å². The number of H-pyrrole nitrogens is 1. The summed E-state index contributed by atoms with van der Waals surface area (Å²) in [5, 5.41) is 9.27. The van der Waals surface area contributed by atoms with Crippen molar-refractivity contribution in [2.75, 3.05) is 6.26 Å². The van der Waals surface area contributed by atoms with Gasteiger partial charge in [0.05, 0.1) is 5.03 Å². The molecule has 0 aliphatic carbocycles. The van der Waals surface area contributed by atoms with Gasteiger partial charge in [0.1, 0.15) is 17.5 Å². The lowest BCUT2D eigenvalue weighted by Gasteiger charge is -2.01. The number of nitriles is 1. The molecule has 0 fully saturated rings. The second kappa shape index (κ2) is 4.10. The van der Waals surface area contributed by atoms with Gasteiger partial charge in [-0.1, -0.05) is 6.92 Å². The number of nitrogens with zero attached hydrogens (tertiary/aromatic N) is 2. The summed E-state index contributed by atoms with van der Waals surface area (Å²) in [4.78, 5) is 17.9. The molecule has 68 valence electrons. The van der Waals surface area contributed by atoms with Crippen LogP contribution < -0.4 is 5.56 Å². The standard InChI is InChI=1S/C8H9N3OS/c1-3-6-10-7(12)5(4-9)8(11-6)13-2/h3H2,1-2H3,(H,10,11,12). The third-order valence-corrected chi connectivity index (χ3v) is 2.30. The van der Waals surface area contributed by atoms with Gasteiger partial charge in [0.2, 0.25) is 0 Å². The van der Waals surface area contributed by atoms with Gasteiger partial charge in [0.15, 0.2) is 0 Å². The Balaban J connectivity index is 3.40. The van der Waals surface area contributed by atoms with Crippen LogP contribution in [-0.2, 0) is 6.42 Å². The maximum atomic E-state index is 11.2. The number of nitrogens with one attached hydrogen (secondary N) is 1. The SMILES string of the molecule is CCc1nc(=O)c(C#N)c(SC)[nH]1. The van der Waals surface area contributed by atoms with E-state index in [-0.39, 0.29) is 5.56 Å². The molecule has 5 heteroatoms. The topological polar surface area (TPSA) is 69.5 Å². The lowest BCUT2D eigenvalue weighted by atomic mass is 10.3. The first-order valence-corrected chi connectivity index (χ1v) is 5.02. The van der Waals surface area contributed by atoms with Crippen molar-refractivity contribution < 1.29 is 0 Å². The maximum Gasteiger partial charge on any atom is 0.292 e. The minimum atomic E-state index is -0.442. The molecule has 0 unspecified atom stereocenters. The van der Waals surface area contributed by atoms with E-state index in [2.05, 4.69) is 9.97 Å². The zero-order valence-corrected chi connectivity index (χ0v) is 8.23. The van der Waals surface area contributed by atoms with Crippen LogP contribution in [0.25, 0.3) is 0 Å². The van der Waals surface area contributed by atoms with Gasteiger partial charge in [0.25, 0.3) is 5.56 Å². The smallest absolute Gasteiger partial charge is 0.292 e. The van der Waals surface area contributed by atoms with E-state index in [1.54, 1.807) is 0 Å². The van der Waals surface area contributed by atoms with E-state index in [1.807, 2.05) is 19.2 Å². The zero-order chi connectivity index (χ0) is 9.84. The first-order chi connectivity index (χ1) is 6.22. The molecule has 0 atom stereocenters. The number of thioether (sulfide) groups is 1. The highest BCUT2D eigenvalue weighted by Crippen LogP contribution is 2.13. The lowest BCUT2D eigenvalue weighted by Crippen LogP contribution is -2.15. The van der Waals surface area contributed by atoms with Gasteiger partial charge in [0, 0.05) is 6.42 Å². The molecule has 0 saturated carbocycles.